The molecule has 0 saturated carbocycles. The number of hydrogen-bond donors (Lipinski definition) is 1. The van der Waals surface area contributed by atoms with Crippen molar-refractivity contribution in [2.24, 2.45) is 5.73 Å². The molecule has 0 saturated heterocycles. The van der Waals surface area contributed by atoms with E-state index in [1.54, 1.807) is 18.2 Å². The van der Waals surface area contributed by atoms with Crippen LogP contribution in [0.1, 0.15) is 4.88 Å². The normalized spacial score (nSPS) is 11.8. The Morgan fingerprint density at radius 3 is 2.55 bits per heavy atom. The molecule has 0 aliphatic rings. The van der Waals surface area contributed by atoms with Gasteiger partial charge in [-0.3, -0.25) is 0 Å². The van der Waals surface area contributed by atoms with E-state index in [0.717, 1.165) is 27.0 Å². The maximum absolute atomic E-state index is 12.5. The largest absolute Gasteiger partial charge is 0.326 e. The summed E-state index contributed by atoms with van der Waals surface area (Å²) in [7, 11) is -3.57. The van der Waals surface area contributed by atoms with Gasteiger partial charge in [0.05, 0.1) is 4.90 Å². The van der Waals surface area contributed by atoms with E-state index in [-0.39, 0.29) is 9.24 Å². The summed E-state index contributed by atoms with van der Waals surface area (Å²) in [5.74, 6) is 0. The number of rotatable bonds is 3. The van der Waals surface area contributed by atoms with Crippen molar-refractivity contribution >= 4 is 31.9 Å². The van der Waals surface area contributed by atoms with Gasteiger partial charge >= 0.3 is 0 Å². The summed E-state index contributed by atoms with van der Waals surface area (Å²) in [5.41, 5.74) is 5.50. The Morgan fingerprint density at radius 2 is 1.85 bits per heavy atom. The van der Waals surface area contributed by atoms with Gasteiger partial charge in [-0.25, -0.2) is 13.4 Å². The highest BCUT2D eigenvalue weighted by molar-refractivity contribution is 7.93. The van der Waals surface area contributed by atoms with Gasteiger partial charge in [-0.1, -0.05) is 30.3 Å². The molecule has 2 N–H and O–H groups in total. The van der Waals surface area contributed by atoms with E-state index in [4.69, 9.17) is 5.73 Å². The van der Waals surface area contributed by atoms with Crippen molar-refractivity contribution in [3.8, 4) is 0 Å². The smallest absolute Gasteiger partial charge is 0.233 e. The first-order valence-corrected chi connectivity index (χ1v) is 8.30. The van der Waals surface area contributed by atoms with Crippen LogP contribution >= 0.6 is 11.3 Å². The van der Waals surface area contributed by atoms with Crippen LogP contribution in [0.4, 0.5) is 0 Å². The average molecular weight is 304 g/mol. The summed E-state index contributed by atoms with van der Waals surface area (Å²) in [5, 5.41) is 1.90. The highest BCUT2D eigenvalue weighted by atomic mass is 32.2. The molecule has 2 aromatic carbocycles. The molecule has 0 unspecified atom stereocenters. The van der Waals surface area contributed by atoms with Crippen LogP contribution in [0.3, 0.4) is 0 Å². The number of nitrogens with two attached hydrogens (primary N) is 1. The number of nitrogens with zero attached hydrogens (tertiary/aromatic N) is 1. The van der Waals surface area contributed by atoms with Crippen LogP contribution in [0.2, 0.25) is 0 Å². The lowest BCUT2D eigenvalue weighted by molar-refractivity contribution is 0.595. The van der Waals surface area contributed by atoms with Crippen LogP contribution < -0.4 is 5.73 Å². The zero-order valence-electron chi connectivity index (χ0n) is 10.5. The number of benzene rings is 2. The molecular weight excluding hydrogens is 292 g/mol. The van der Waals surface area contributed by atoms with Crippen LogP contribution in [0.15, 0.2) is 57.9 Å². The highest BCUT2D eigenvalue weighted by Crippen LogP contribution is 2.27. The molecule has 0 aliphatic carbocycles. The van der Waals surface area contributed by atoms with Crippen LogP contribution in [-0.2, 0) is 16.4 Å². The third-order valence-corrected chi connectivity index (χ3v) is 6.16. The molecule has 1 aromatic heterocycles. The van der Waals surface area contributed by atoms with Gasteiger partial charge in [0.15, 0.2) is 0 Å². The van der Waals surface area contributed by atoms with Crippen molar-refractivity contribution in [2.75, 3.05) is 0 Å². The van der Waals surface area contributed by atoms with Crippen molar-refractivity contribution in [1.82, 2.24) is 4.98 Å². The second-order valence-corrected chi connectivity index (χ2v) is 7.55. The summed E-state index contributed by atoms with van der Waals surface area (Å²) in [6, 6.07) is 12.7. The second kappa shape index (κ2) is 4.97. The topological polar surface area (TPSA) is 73.0 Å². The van der Waals surface area contributed by atoms with E-state index in [1.807, 2.05) is 24.3 Å². The summed E-state index contributed by atoms with van der Waals surface area (Å²) in [4.78, 5) is 4.98. The molecule has 20 heavy (non-hydrogen) atoms. The number of hydrogen-bond acceptors (Lipinski definition) is 5. The maximum Gasteiger partial charge on any atom is 0.233 e. The highest BCUT2D eigenvalue weighted by Gasteiger charge is 2.21. The van der Waals surface area contributed by atoms with Crippen LogP contribution in [0.5, 0.6) is 0 Å². The molecule has 1 heterocycles. The lowest BCUT2D eigenvalue weighted by atomic mass is 10.1. The molecular formula is C14H12N2O2S2. The first-order valence-electron chi connectivity index (χ1n) is 6.00. The van der Waals surface area contributed by atoms with Gasteiger partial charge in [-0.2, -0.15) is 0 Å². The van der Waals surface area contributed by atoms with Crippen molar-refractivity contribution in [3.63, 3.8) is 0 Å². The third kappa shape index (κ3) is 2.22. The van der Waals surface area contributed by atoms with Crippen molar-refractivity contribution in [1.29, 1.82) is 0 Å². The molecule has 0 bridgehead atoms. The maximum atomic E-state index is 12.5. The monoisotopic (exact) mass is 304 g/mol. The van der Waals surface area contributed by atoms with E-state index in [0.29, 0.717) is 6.54 Å². The van der Waals surface area contributed by atoms with Gasteiger partial charge in [0.25, 0.3) is 0 Å². The Balaban J connectivity index is 2.13. The molecule has 0 spiro atoms. The van der Waals surface area contributed by atoms with Crippen LogP contribution in [0, 0.1) is 0 Å². The van der Waals surface area contributed by atoms with Gasteiger partial charge in [-0.15, -0.1) is 11.3 Å². The third-order valence-electron chi connectivity index (χ3n) is 2.99. The zero-order valence-corrected chi connectivity index (χ0v) is 12.1. The predicted molar refractivity (Wildman–Crippen MR) is 79.4 cm³/mol. The fourth-order valence-electron chi connectivity index (χ4n) is 1.94. The first kappa shape index (κ1) is 13.2. The minimum Gasteiger partial charge on any atom is -0.326 e. The van der Waals surface area contributed by atoms with Crippen LogP contribution in [-0.4, -0.2) is 13.4 Å². The summed E-state index contributed by atoms with van der Waals surface area (Å²) >= 11 is 1.12. The Bertz CT molecular complexity index is 870. The minimum absolute atomic E-state index is 0.0910. The van der Waals surface area contributed by atoms with Crippen molar-refractivity contribution in [3.05, 3.63) is 53.5 Å². The molecule has 0 radical (unpaired) electrons. The lowest BCUT2D eigenvalue weighted by Gasteiger charge is -2.03. The molecule has 0 aliphatic heterocycles. The fourth-order valence-corrected chi connectivity index (χ4v) is 4.43. The Kier molecular flexibility index (Phi) is 3.29. The molecule has 3 aromatic rings. The van der Waals surface area contributed by atoms with Crippen molar-refractivity contribution in [2.45, 2.75) is 15.8 Å². The fraction of sp³-hybridized carbons (Fsp3) is 0.0714. The van der Waals surface area contributed by atoms with E-state index < -0.39 is 9.84 Å². The first-order chi connectivity index (χ1) is 9.61. The van der Waals surface area contributed by atoms with Gasteiger partial charge in [-0.05, 0) is 22.9 Å². The summed E-state index contributed by atoms with van der Waals surface area (Å²) in [6.07, 6.45) is 1.51. The minimum atomic E-state index is -3.57. The van der Waals surface area contributed by atoms with E-state index in [1.165, 1.54) is 6.20 Å². The Labute approximate surface area is 120 Å². The van der Waals surface area contributed by atoms with Crippen LogP contribution in [0.25, 0.3) is 10.8 Å². The van der Waals surface area contributed by atoms with Crippen molar-refractivity contribution < 1.29 is 8.42 Å². The van der Waals surface area contributed by atoms with Gasteiger partial charge in [0, 0.05) is 17.6 Å². The van der Waals surface area contributed by atoms with E-state index in [2.05, 4.69) is 4.98 Å². The molecule has 0 amide bonds. The van der Waals surface area contributed by atoms with Gasteiger partial charge < -0.3 is 5.73 Å². The quantitative estimate of drug-likeness (QED) is 0.807. The molecule has 6 heteroatoms. The number of sulfone groups is 1. The predicted octanol–water partition coefficient (Wildman–Crippen LogP) is 2.59. The molecule has 3 rings (SSSR count). The lowest BCUT2D eigenvalue weighted by Crippen LogP contribution is -2.01. The zero-order chi connectivity index (χ0) is 14.2. The summed E-state index contributed by atoms with van der Waals surface area (Å²) < 4.78 is 25.1. The van der Waals surface area contributed by atoms with Gasteiger partial charge in [0.2, 0.25) is 14.2 Å². The number of thiazole rings is 1. The average Bonchev–Trinajstić information content (AvgIpc) is 2.96. The van der Waals surface area contributed by atoms with Gasteiger partial charge in [0.1, 0.15) is 0 Å². The van der Waals surface area contributed by atoms with E-state index >= 15 is 0 Å². The Morgan fingerprint density at radius 1 is 1.10 bits per heavy atom. The summed E-state index contributed by atoms with van der Waals surface area (Å²) in [6.45, 7) is 0.297. The van der Waals surface area contributed by atoms with E-state index in [9.17, 15) is 8.42 Å². The second-order valence-electron chi connectivity index (χ2n) is 4.31. The molecule has 102 valence electrons. The Hall–Kier alpha value is -1.76. The molecule has 4 nitrogen and oxygen atoms in total. The SMILES string of the molecule is NCc1cnc(S(=O)(=O)c2ccc3ccccc3c2)s1. The number of aromatic nitrogens is 1. The molecule has 0 atom stereocenters. The standard InChI is InChI=1S/C14H12N2O2S2/c15-8-12-9-16-14(19-12)20(17,18)13-6-5-10-3-1-2-4-11(10)7-13/h1-7,9H,8,15H2. The molecule has 0 fully saturated rings. The number of fused-ring (bicyclic) bond motifs is 1.